The normalized spacial score (nSPS) is 15.1. The zero-order chi connectivity index (χ0) is 16.4. The van der Waals surface area contributed by atoms with Crippen molar-refractivity contribution in [2.45, 2.75) is 57.8 Å². The van der Waals surface area contributed by atoms with Crippen molar-refractivity contribution in [1.82, 2.24) is 23.8 Å². The number of rotatable bonds is 6. The van der Waals surface area contributed by atoms with Gasteiger partial charge in [0.2, 0.25) is 0 Å². The van der Waals surface area contributed by atoms with Gasteiger partial charge < -0.3 is 9.13 Å². The summed E-state index contributed by atoms with van der Waals surface area (Å²) in [6, 6.07) is 0. The van der Waals surface area contributed by atoms with E-state index in [1.165, 1.54) is 0 Å². The van der Waals surface area contributed by atoms with Crippen molar-refractivity contribution in [2.75, 3.05) is 0 Å². The molecule has 0 fully saturated rings. The van der Waals surface area contributed by atoms with Gasteiger partial charge in [0, 0.05) is 31.9 Å². The van der Waals surface area contributed by atoms with Crippen LogP contribution in [0.2, 0.25) is 0 Å². The summed E-state index contributed by atoms with van der Waals surface area (Å²) in [6.07, 6.45) is 8.34. The number of nitrogens with one attached hydrogen (secondary N) is 1. The second-order valence-corrected chi connectivity index (χ2v) is 8.14. The topological polar surface area (TPSA) is 81.8 Å². The quantitative estimate of drug-likeness (QED) is 0.867. The summed E-state index contributed by atoms with van der Waals surface area (Å²) < 4.78 is 31.2. The minimum absolute atomic E-state index is 0.0575. The van der Waals surface area contributed by atoms with Crippen LogP contribution in [0.5, 0.6) is 0 Å². The second kappa shape index (κ2) is 6.45. The largest absolute Gasteiger partial charge is 0.336 e. The molecule has 0 radical (unpaired) electrons. The van der Waals surface area contributed by atoms with Crippen molar-refractivity contribution in [3.63, 3.8) is 0 Å². The molecular formula is C15H23N5O2S. The predicted molar refractivity (Wildman–Crippen MR) is 86.3 cm³/mol. The summed E-state index contributed by atoms with van der Waals surface area (Å²) >= 11 is 0. The number of aromatic nitrogens is 4. The van der Waals surface area contributed by atoms with Crippen molar-refractivity contribution >= 4 is 10.0 Å². The van der Waals surface area contributed by atoms with Crippen LogP contribution in [0.4, 0.5) is 0 Å². The SMILES string of the molecule is CC(C)Cn1cnc(S(=O)(=O)NCc2cn3c(n2)CCCC3)c1. The molecular weight excluding hydrogens is 314 g/mol. The molecule has 0 saturated heterocycles. The van der Waals surface area contributed by atoms with Crippen molar-refractivity contribution in [3.05, 3.63) is 30.2 Å². The Morgan fingerprint density at radius 2 is 2.13 bits per heavy atom. The first-order chi connectivity index (χ1) is 10.9. The first-order valence-corrected chi connectivity index (χ1v) is 9.49. The molecule has 7 nitrogen and oxygen atoms in total. The standard InChI is InChI=1S/C15H23N5O2S/c1-12(2)8-19-10-15(16-11-19)23(21,22)17-7-13-9-20-6-4-3-5-14(20)18-13/h9-12,17H,3-8H2,1-2H3. The molecule has 8 heteroatoms. The predicted octanol–water partition coefficient (Wildman–Crippen LogP) is 1.55. The maximum absolute atomic E-state index is 12.3. The van der Waals surface area contributed by atoms with Gasteiger partial charge in [-0.1, -0.05) is 13.8 Å². The third kappa shape index (κ3) is 3.81. The van der Waals surface area contributed by atoms with Crippen molar-refractivity contribution in [2.24, 2.45) is 5.92 Å². The molecule has 3 heterocycles. The summed E-state index contributed by atoms with van der Waals surface area (Å²) in [5.41, 5.74) is 0.757. The highest BCUT2D eigenvalue weighted by Crippen LogP contribution is 2.15. The third-order valence-electron chi connectivity index (χ3n) is 3.86. The summed E-state index contributed by atoms with van der Waals surface area (Å²) in [6.45, 7) is 6.06. The van der Waals surface area contributed by atoms with Gasteiger partial charge in [0.15, 0.2) is 5.03 Å². The third-order valence-corrected chi connectivity index (χ3v) is 5.15. The molecule has 2 aromatic rings. The van der Waals surface area contributed by atoms with Crippen LogP contribution < -0.4 is 4.72 Å². The van der Waals surface area contributed by atoms with E-state index >= 15 is 0 Å². The van der Waals surface area contributed by atoms with Crippen LogP contribution in [-0.2, 0) is 36.1 Å². The molecule has 3 rings (SSSR count). The molecule has 0 bridgehead atoms. The zero-order valence-corrected chi connectivity index (χ0v) is 14.4. The van der Waals surface area contributed by atoms with Gasteiger partial charge in [-0.05, 0) is 18.8 Å². The summed E-state index contributed by atoms with van der Waals surface area (Å²) in [5.74, 6) is 1.48. The number of hydrogen-bond acceptors (Lipinski definition) is 4. The molecule has 0 saturated carbocycles. The molecule has 0 amide bonds. The van der Waals surface area contributed by atoms with Gasteiger partial charge in [-0.15, -0.1) is 0 Å². The Hall–Kier alpha value is -1.67. The first-order valence-electron chi connectivity index (χ1n) is 8.00. The lowest BCUT2D eigenvalue weighted by Gasteiger charge is -2.11. The Morgan fingerprint density at radius 1 is 1.30 bits per heavy atom. The number of aryl methyl sites for hydroxylation is 2. The van der Waals surface area contributed by atoms with Gasteiger partial charge in [0.25, 0.3) is 10.0 Å². The highest BCUT2D eigenvalue weighted by Gasteiger charge is 2.19. The Balaban J connectivity index is 1.66. The molecule has 0 spiro atoms. The first kappa shape index (κ1) is 16.2. The van der Waals surface area contributed by atoms with Crippen molar-refractivity contribution in [1.29, 1.82) is 0 Å². The zero-order valence-electron chi connectivity index (χ0n) is 13.6. The van der Waals surface area contributed by atoms with Crippen LogP contribution in [0, 0.1) is 5.92 Å². The highest BCUT2D eigenvalue weighted by molar-refractivity contribution is 7.89. The number of fused-ring (bicyclic) bond motifs is 1. The van der Waals surface area contributed by atoms with Gasteiger partial charge in [-0.3, -0.25) is 0 Å². The summed E-state index contributed by atoms with van der Waals surface area (Å²) in [5, 5.41) is 0.0575. The Bertz CT molecular complexity index is 752. The van der Waals surface area contributed by atoms with E-state index in [1.54, 1.807) is 17.1 Å². The lowest BCUT2D eigenvalue weighted by Crippen LogP contribution is -2.23. The van der Waals surface area contributed by atoms with E-state index in [9.17, 15) is 8.42 Å². The van der Waals surface area contributed by atoms with Gasteiger partial charge in [-0.2, -0.15) is 0 Å². The van der Waals surface area contributed by atoms with Gasteiger partial charge in [0.05, 0.1) is 18.6 Å². The molecule has 23 heavy (non-hydrogen) atoms. The second-order valence-electron chi connectivity index (χ2n) is 6.43. The molecule has 2 aromatic heterocycles. The number of nitrogens with zero attached hydrogens (tertiary/aromatic N) is 4. The van der Waals surface area contributed by atoms with E-state index in [-0.39, 0.29) is 11.6 Å². The molecule has 1 aliphatic heterocycles. The lowest BCUT2D eigenvalue weighted by molar-refractivity contribution is 0.521. The average molecular weight is 337 g/mol. The fourth-order valence-corrected chi connectivity index (χ4v) is 3.75. The number of imidazole rings is 2. The number of hydrogen-bond donors (Lipinski definition) is 1. The van der Waals surface area contributed by atoms with E-state index in [1.807, 2.05) is 6.20 Å². The lowest BCUT2D eigenvalue weighted by atomic mass is 10.2. The molecule has 1 N–H and O–H groups in total. The van der Waals surface area contributed by atoms with Crippen LogP contribution in [-0.4, -0.2) is 27.5 Å². The Morgan fingerprint density at radius 3 is 2.87 bits per heavy atom. The summed E-state index contributed by atoms with van der Waals surface area (Å²) in [7, 11) is -3.61. The molecule has 0 unspecified atom stereocenters. The van der Waals surface area contributed by atoms with Crippen LogP contribution in [0.25, 0.3) is 0 Å². The number of sulfonamides is 1. The molecule has 0 aliphatic carbocycles. The average Bonchev–Trinajstić information content (AvgIpc) is 3.11. The highest BCUT2D eigenvalue weighted by atomic mass is 32.2. The van der Waals surface area contributed by atoms with Crippen LogP contribution >= 0.6 is 0 Å². The van der Waals surface area contributed by atoms with Crippen LogP contribution in [0.1, 0.15) is 38.2 Å². The smallest absolute Gasteiger partial charge is 0.259 e. The Kier molecular flexibility index (Phi) is 4.54. The fraction of sp³-hybridized carbons (Fsp3) is 0.600. The van der Waals surface area contributed by atoms with E-state index in [0.29, 0.717) is 5.92 Å². The minimum Gasteiger partial charge on any atom is -0.336 e. The maximum atomic E-state index is 12.3. The van der Waals surface area contributed by atoms with E-state index in [0.717, 1.165) is 43.9 Å². The van der Waals surface area contributed by atoms with E-state index in [2.05, 4.69) is 33.1 Å². The minimum atomic E-state index is -3.61. The molecule has 0 aromatic carbocycles. The molecule has 0 atom stereocenters. The summed E-state index contributed by atoms with van der Waals surface area (Å²) in [4.78, 5) is 8.51. The van der Waals surface area contributed by atoms with E-state index in [4.69, 9.17) is 0 Å². The monoisotopic (exact) mass is 337 g/mol. The van der Waals surface area contributed by atoms with Crippen LogP contribution in [0.15, 0.2) is 23.7 Å². The molecule has 1 aliphatic rings. The fourth-order valence-electron chi connectivity index (χ4n) is 2.80. The van der Waals surface area contributed by atoms with Gasteiger partial charge in [-0.25, -0.2) is 23.1 Å². The maximum Gasteiger partial charge on any atom is 0.259 e. The Labute approximate surface area is 136 Å². The molecule has 126 valence electrons. The van der Waals surface area contributed by atoms with Crippen molar-refractivity contribution < 1.29 is 8.42 Å². The van der Waals surface area contributed by atoms with Gasteiger partial charge in [0.1, 0.15) is 5.82 Å². The van der Waals surface area contributed by atoms with Crippen molar-refractivity contribution in [3.8, 4) is 0 Å². The van der Waals surface area contributed by atoms with Gasteiger partial charge >= 0.3 is 0 Å². The van der Waals surface area contributed by atoms with E-state index < -0.39 is 10.0 Å². The van der Waals surface area contributed by atoms with Crippen LogP contribution in [0.3, 0.4) is 0 Å².